The number of methoxy groups -OCH3 is 1. The van der Waals surface area contributed by atoms with Gasteiger partial charge in [0.05, 0.1) is 12.7 Å². The number of nitrogens with two attached hydrogens (primary N) is 1. The number of aryl methyl sites for hydroxylation is 1. The zero-order valence-electron chi connectivity index (χ0n) is 9.71. The lowest BCUT2D eigenvalue weighted by atomic mass is 10.1. The van der Waals surface area contributed by atoms with E-state index in [1.165, 1.54) is 6.33 Å². The van der Waals surface area contributed by atoms with E-state index in [1.54, 1.807) is 11.6 Å². The van der Waals surface area contributed by atoms with E-state index in [9.17, 15) is 0 Å². The van der Waals surface area contributed by atoms with Crippen molar-refractivity contribution in [1.82, 2.24) is 14.6 Å². The maximum Gasteiger partial charge on any atom is 0.151 e. The SMILES string of the molecule is COC(CO)CCc1ccc2c(N)ncnn12. The van der Waals surface area contributed by atoms with Gasteiger partial charge in [0, 0.05) is 12.8 Å². The van der Waals surface area contributed by atoms with Crippen LogP contribution in [0.15, 0.2) is 18.5 Å². The summed E-state index contributed by atoms with van der Waals surface area (Å²) in [6.45, 7) is 0.0247. The zero-order valence-corrected chi connectivity index (χ0v) is 9.71. The van der Waals surface area contributed by atoms with Gasteiger partial charge in [-0.3, -0.25) is 0 Å². The van der Waals surface area contributed by atoms with E-state index in [2.05, 4.69) is 10.1 Å². The molecule has 6 heteroatoms. The summed E-state index contributed by atoms with van der Waals surface area (Å²) in [5.74, 6) is 0.469. The van der Waals surface area contributed by atoms with Crippen molar-refractivity contribution in [3.63, 3.8) is 0 Å². The summed E-state index contributed by atoms with van der Waals surface area (Å²) < 4.78 is 6.89. The van der Waals surface area contributed by atoms with E-state index < -0.39 is 0 Å². The molecule has 0 fully saturated rings. The molecule has 0 radical (unpaired) electrons. The van der Waals surface area contributed by atoms with Crippen LogP contribution in [0.1, 0.15) is 12.1 Å². The second-order valence-electron chi connectivity index (χ2n) is 3.85. The van der Waals surface area contributed by atoms with Crippen LogP contribution in [-0.4, -0.2) is 39.5 Å². The van der Waals surface area contributed by atoms with Gasteiger partial charge in [0.15, 0.2) is 5.82 Å². The number of rotatable bonds is 5. The summed E-state index contributed by atoms with van der Waals surface area (Å²) in [6, 6.07) is 3.86. The highest BCUT2D eigenvalue weighted by Gasteiger charge is 2.10. The average Bonchev–Trinajstić information content (AvgIpc) is 2.75. The van der Waals surface area contributed by atoms with E-state index in [4.69, 9.17) is 15.6 Å². The highest BCUT2D eigenvalue weighted by Crippen LogP contribution is 2.15. The minimum Gasteiger partial charge on any atom is -0.394 e. The highest BCUT2D eigenvalue weighted by molar-refractivity contribution is 5.65. The van der Waals surface area contributed by atoms with Gasteiger partial charge in [0.2, 0.25) is 0 Å². The van der Waals surface area contributed by atoms with Crippen molar-refractivity contribution in [2.45, 2.75) is 18.9 Å². The first-order valence-corrected chi connectivity index (χ1v) is 5.47. The molecule has 2 rings (SSSR count). The van der Waals surface area contributed by atoms with Crippen LogP contribution in [0.25, 0.3) is 5.52 Å². The Bertz CT molecular complexity index is 493. The molecule has 1 atom stereocenters. The van der Waals surface area contributed by atoms with Gasteiger partial charge in [-0.15, -0.1) is 0 Å². The number of aliphatic hydroxyl groups is 1. The molecule has 2 aromatic rings. The van der Waals surface area contributed by atoms with Crippen LogP contribution in [0, 0.1) is 0 Å². The lowest BCUT2D eigenvalue weighted by Gasteiger charge is -2.11. The number of aliphatic hydroxyl groups excluding tert-OH is 1. The van der Waals surface area contributed by atoms with E-state index >= 15 is 0 Å². The van der Waals surface area contributed by atoms with Gasteiger partial charge in [-0.2, -0.15) is 5.10 Å². The monoisotopic (exact) mass is 236 g/mol. The summed E-state index contributed by atoms with van der Waals surface area (Å²) in [5.41, 5.74) is 7.58. The Morgan fingerprint density at radius 3 is 3.06 bits per heavy atom. The summed E-state index contributed by atoms with van der Waals surface area (Å²) in [5, 5.41) is 13.2. The van der Waals surface area contributed by atoms with Crippen LogP contribution in [0.4, 0.5) is 5.82 Å². The molecule has 2 heterocycles. The number of ether oxygens (including phenoxy) is 1. The van der Waals surface area contributed by atoms with Crippen molar-refractivity contribution in [3.8, 4) is 0 Å². The van der Waals surface area contributed by atoms with Crippen LogP contribution >= 0.6 is 0 Å². The fourth-order valence-corrected chi connectivity index (χ4v) is 1.79. The summed E-state index contributed by atoms with van der Waals surface area (Å²) in [4.78, 5) is 3.93. The van der Waals surface area contributed by atoms with Crippen molar-refractivity contribution in [2.75, 3.05) is 19.5 Å². The zero-order chi connectivity index (χ0) is 12.3. The molecule has 3 N–H and O–H groups in total. The maximum absolute atomic E-state index is 9.03. The number of hydrogen-bond acceptors (Lipinski definition) is 5. The van der Waals surface area contributed by atoms with E-state index in [0.717, 1.165) is 24.1 Å². The highest BCUT2D eigenvalue weighted by atomic mass is 16.5. The predicted octanol–water partition coefficient (Wildman–Crippen LogP) is 0.251. The molecule has 92 valence electrons. The standard InChI is InChI=1S/C11H16N4O2/c1-17-9(6-16)4-2-8-3-5-10-11(12)13-7-14-15(8)10/h3,5,7,9,16H,2,4,6H2,1H3,(H2,12,13,14). The Hall–Kier alpha value is -1.66. The van der Waals surface area contributed by atoms with Crippen molar-refractivity contribution >= 4 is 11.3 Å². The normalized spacial score (nSPS) is 13.1. The molecule has 1 unspecified atom stereocenters. The molecule has 0 bridgehead atoms. The van der Waals surface area contributed by atoms with E-state index in [0.29, 0.717) is 5.82 Å². The van der Waals surface area contributed by atoms with Gasteiger partial charge in [0.25, 0.3) is 0 Å². The van der Waals surface area contributed by atoms with Crippen molar-refractivity contribution in [3.05, 3.63) is 24.2 Å². The molecule has 0 aliphatic rings. The summed E-state index contributed by atoms with van der Waals surface area (Å²) in [7, 11) is 1.59. The van der Waals surface area contributed by atoms with Crippen LogP contribution in [0.3, 0.4) is 0 Å². The second kappa shape index (κ2) is 5.11. The van der Waals surface area contributed by atoms with Gasteiger partial charge < -0.3 is 15.6 Å². The van der Waals surface area contributed by atoms with Crippen LogP contribution < -0.4 is 5.73 Å². The quantitative estimate of drug-likeness (QED) is 0.777. The third-order valence-corrected chi connectivity index (χ3v) is 2.82. The Labute approximate surface area is 99.0 Å². The van der Waals surface area contributed by atoms with Crippen LogP contribution in [-0.2, 0) is 11.2 Å². The van der Waals surface area contributed by atoms with Crippen molar-refractivity contribution < 1.29 is 9.84 Å². The molecule has 0 amide bonds. The first-order chi connectivity index (χ1) is 8.26. The fourth-order valence-electron chi connectivity index (χ4n) is 1.79. The Morgan fingerprint density at radius 1 is 1.53 bits per heavy atom. The van der Waals surface area contributed by atoms with Crippen LogP contribution in [0.2, 0.25) is 0 Å². The number of aromatic nitrogens is 3. The minimum atomic E-state index is -0.139. The van der Waals surface area contributed by atoms with Crippen molar-refractivity contribution in [1.29, 1.82) is 0 Å². The van der Waals surface area contributed by atoms with Gasteiger partial charge in [0.1, 0.15) is 11.8 Å². The van der Waals surface area contributed by atoms with Crippen molar-refractivity contribution in [2.24, 2.45) is 0 Å². The largest absolute Gasteiger partial charge is 0.394 e. The molecular formula is C11H16N4O2. The number of hydrogen-bond donors (Lipinski definition) is 2. The summed E-state index contributed by atoms with van der Waals surface area (Å²) in [6.07, 6.45) is 2.80. The molecule has 0 aliphatic heterocycles. The first kappa shape index (κ1) is 11.8. The van der Waals surface area contributed by atoms with E-state index in [-0.39, 0.29) is 12.7 Å². The number of nitrogens with zero attached hydrogens (tertiary/aromatic N) is 3. The third kappa shape index (κ3) is 2.37. The number of anilines is 1. The predicted molar refractivity (Wildman–Crippen MR) is 63.6 cm³/mol. The number of fused-ring (bicyclic) bond motifs is 1. The van der Waals surface area contributed by atoms with Gasteiger partial charge in [-0.05, 0) is 25.0 Å². The molecule has 6 nitrogen and oxygen atoms in total. The van der Waals surface area contributed by atoms with E-state index in [1.807, 2.05) is 12.1 Å². The smallest absolute Gasteiger partial charge is 0.151 e. The second-order valence-corrected chi connectivity index (χ2v) is 3.85. The topological polar surface area (TPSA) is 85.7 Å². The van der Waals surface area contributed by atoms with Gasteiger partial charge >= 0.3 is 0 Å². The lowest BCUT2D eigenvalue weighted by molar-refractivity contribution is 0.0433. The summed E-state index contributed by atoms with van der Waals surface area (Å²) >= 11 is 0. The molecule has 2 aromatic heterocycles. The number of nitrogen functional groups attached to an aromatic ring is 1. The fraction of sp³-hybridized carbons (Fsp3) is 0.455. The lowest BCUT2D eigenvalue weighted by Crippen LogP contribution is -2.16. The van der Waals surface area contributed by atoms with Gasteiger partial charge in [-0.25, -0.2) is 9.50 Å². The van der Waals surface area contributed by atoms with Crippen LogP contribution in [0.5, 0.6) is 0 Å². The molecule has 0 saturated carbocycles. The molecule has 17 heavy (non-hydrogen) atoms. The minimum absolute atomic E-state index is 0.0247. The molecule has 0 saturated heterocycles. The Kier molecular flexibility index (Phi) is 3.55. The molecule has 0 spiro atoms. The van der Waals surface area contributed by atoms with Gasteiger partial charge in [-0.1, -0.05) is 0 Å². The Balaban J connectivity index is 2.17. The maximum atomic E-state index is 9.03. The Morgan fingerprint density at radius 2 is 2.35 bits per heavy atom. The third-order valence-electron chi connectivity index (χ3n) is 2.82. The average molecular weight is 236 g/mol. The molecule has 0 aliphatic carbocycles. The first-order valence-electron chi connectivity index (χ1n) is 5.47. The molecule has 0 aromatic carbocycles. The molecular weight excluding hydrogens is 220 g/mol.